The third kappa shape index (κ3) is 7.12. The molecule has 0 saturated carbocycles. The van der Waals surface area contributed by atoms with Crippen LogP contribution in [0.25, 0.3) is 0 Å². The predicted octanol–water partition coefficient (Wildman–Crippen LogP) is 4.06. The van der Waals surface area contributed by atoms with Gasteiger partial charge in [-0.15, -0.1) is 12.3 Å². The summed E-state index contributed by atoms with van der Waals surface area (Å²) in [5.74, 6) is 0. The van der Waals surface area contributed by atoms with Gasteiger partial charge < -0.3 is 0 Å². The Hall–Kier alpha value is -0.123. The van der Waals surface area contributed by atoms with Crippen LogP contribution in [0.4, 0.5) is 0 Å². The van der Waals surface area contributed by atoms with Crippen LogP contribution < -0.4 is 0 Å². The molecule has 0 amide bonds. The van der Waals surface area contributed by atoms with Crippen LogP contribution in [0.2, 0.25) is 6.04 Å². The zero-order valence-corrected chi connectivity index (χ0v) is 17.3. The summed E-state index contributed by atoms with van der Waals surface area (Å²) in [5, 5.41) is 0. The van der Waals surface area contributed by atoms with Crippen molar-refractivity contribution in [2.24, 2.45) is 0 Å². The maximum Gasteiger partial charge on any atom is 0.0631 e. The molecule has 0 aliphatic carbocycles. The third-order valence-electron chi connectivity index (χ3n) is 4.19. The van der Waals surface area contributed by atoms with E-state index in [2.05, 4.69) is 77.5 Å². The fourth-order valence-corrected chi connectivity index (χ4v) is 4.50. The number of hydrogen-bond donors (Lipinski definition) is 0. The molecule has 0 aromatic carbocycles. The zero-order valence-electron chi connectivity index (χ0n) is 15.9. The van der Waals surface area contributed by atoms with Gasteiger partial charge >= 0.3 is 0 Å². The summed E-state index contributed by atoms with van der Waals surface area (Å²) in [6, 6.07) is 3.75. The number of hydrogen-bond acceptors (Lipinski definition) is 2. The first-order chi connectivity index (χ1) is 9.73. The monoisotopic (exact) mass is 312 g/mol. The van der Waals surface area contributed by atoms with E-state index in [9.17, 15) is 0 Å². The lowest BCUT2D eigenvalue weighted by molar-refractivity contribution is -0.0395. The van der Waals surface area contributed by atoms with E-state index in [1.165, 1.54) is 18.9 Å². The Balaban J connectivity index is 5.16. The van der Waals surface area contributed by atoms with Gasteiger partial charge in [-0.05, 0) is 61.8 Å². The second-order valence-electron chi connectivity index (χ2n) is 7.32. The van der Waals surface area contributed by atoms with Crippen LogP contribution in [-0.4, -0.2) is 49.7 Å². The van der Waals surface area contributed by atoms with Crippen molar-refractivity contribution in [2.75, 3.05) is 0 Å². The minimum atomic E-state index is -0.0211. The van der Waals surface area contributed by atoms with E-state index in [4.69, 9.17) is 0 Å². The van der Waals surface area contributed by atoms with Gasteiger partial charge in [0.1, 0.15) is 0 Å². The first-order valence-corrected chi connectivity index (χ1v) is 10.7. The van der Waals surface area contributed by atoms with E-state index in [0.29, 0.717) is 30.3 Å². The van der Waals surface area contributed by atoms with Crippen molar-refractivity contribution in [2.45, 2.75) is 105 Å². The van der Waals surface area contributed by atoms with E-state index >= 15 is 0 Å². The van der Waals surface area contributed by atoms with Gasteiger partial charge in [0.05, 0.1) is 6.17 Å². The smallest absolute Gasteiger partial charge is 0.0631 e. The SMILES string of the molecule is C=C[SiH2]CCCC(N(C(C)C)C(C)C)N(C(C)C)C(C)C. The van der Waals surface area contributed by atoms with Crippen molar-refractivity contribution in [3.05, 3.63) is 12.3 Å². The summed E-state index contributed by atoms with van der Waals surface area (Å²) in [7, 11) is -0.0211. The van der Waals surface area contributed by atoms with Gasteiger partial charge in [0.15, 0.2) is 0 Å². The number of rotatable bonds is 11. The maximum absolute atomic E-state index is 3.90. The van der Waals surface area contributed by atoms with Crippen molar-refractivity contribution < 1.29 is 0 Å². The summed E-state index contributed by atoms with van der Waals surface area (Å²) in [5.41, 5.74) is 2.18. The van der Waals surface area contributed by atoms with E-state index in [1.807, 2.05) is 0 Å². The highest BCUT2D eigenvalue weighted by molar-refractivity contribution is 6.41. The quantitative estimate of drug-likeness (QED) is 0.322. The lowest BCUT2D eigenvalue weighted by Crippen LogP contribution is -2.57. The molecule has 3 heteroatoms. The highest BCUT2D eigenvalue weighted by Gasteiger charge is 2.31. The Bertz CT molecular complexity index is 238. The van der Waals surface area contributed by atoms with Crippen LogP contribution in [-0.2, 0) is 0 Å². The fourth-order valence-electron chi connectivity index (χ4n) is 3.64. The second-order valence-corrected chi connectivity index (χ2v) is 9.18. The van der Waals surface area contributed by atoms with Crippen molar-refractivity contribution in [3.63, 3.8) is 0 Å². The Morgan fingerprint density at radius 1 is 0.810 bits per heavy atom. The molecule has 0 N–H and O–H groups in total. The van der Waals surface area contributed by atoms with Crippen LogP contribution in [0.3, 0.4) is 0 Å². The molecular weight excluding hydrogens is 272 g/mol. The third-order valence-corrected chi connectivity index (χ3v) is 5.51. The molecule has 0 fully saturated rings. The Labute approximate surface area is 136 Å². The van der Waals surface area contributed by atoms with Crippen LogP contribution >= 0.6 is 0 Å². The minimum absolute atomic E-state index is 0.0211. The van der Waals surface area contributed by atoms with Crippen molar-refractivity contribution in [1.82, 2.24) is 9.80 Å². The summed E-state index contributed by atoms with van der Waals surface area (Å²) in [6.07, 6.45) is 3.19. The molecule has 0 aromatic rings. The van der Waals surface area contributed by atoms with Gasteiger partial charge in [-0.3, -0.25) is 9.80 Å². The Kier molecular flexibility index (Phi) is 10.5. The largest absolute Gasteiger partial charge is 0.283 e. The highest BCUT2D eigenvalue weighted by Crippen LogP contribution is 2.23. The van der Waals surface area contributed by atoms with Crippen LogP contribution in [0, 0.1) is 0 Å². The van der Waals surface area contributed by atoms with Crippen molar-refractivity contribution in [3.8, 4) is 0 Å². The molecule has 126 valence electrons. The molecule has 2 nitrogen and oxygen atoms in total. The van der Waals surface area contributed by atoms with Crippen molar-refractivity contribution in [1.29, 1.82) is 0 Å². The van der Waals surface area contributed by atoms with Gasteiger partial charge in [0.25, 0.3) is 0 Å². The summed E-state index contributed by atoms with van der Waals surface area (Å²) < 4.78 is 0. The molecular formula is C18H40N2Si. The molecule has 21 heavy (non-hydrogen) atoms. The van der Waals surface area contributed by atoms with Crippen molar-refractivity contribution >= 4 is 9.52 Å². The molecule has 0 unspecified atom stereocenters. The number of nitrogens with zero attached hydrogens (tertiary/aromatic N) is 2. The second kappa shape index (κ2) is 10.6. The van der Waals surface area contributed by atoms with Crippen LogP contribution in [0.1, 0.15) is 68.2 Å². The fraction of sp³-hybridized carbons (Fsp3) is 0.889. The van der Waals surface area contributed by atoms with Crippen LogP contribution in [0.15, 0.2) is 12.3 Å². The molecule has 0 bridgehead atoms. The molecule has 0 aromatic heterocycles. The summed E-state index contributed by atoms with van der Waals surface area (Å²) >= 11 is 0. The molecule has 0 radical (unpaired) electrons. The minimum Gasteiger partial charge on any atom is -0.283 e. The molecule has 0 saturated heterocycles. The molecule has 0 atom stereocenters. The topological polar surface area (TPSA) is 6.48 Å². The first-order valence-electron chi connectivity index (χ1n) is 8.89. The first kappa shape index (κ1) is 20.9. The summed E-state index contributed by atoms with van der Waals surface area (Å²) in [4.78, 5) is 5.41. The lowest BCUT2D eigenvalue weighted by atomic mass is 10.1. The summed E-state index contributed by atoms with van der Waals surface area (Å²) in [6.45, 7) is 22.6. The Morgan fingerprint density at radius 2 is 1.19 bits per heavy atom. The van der Waals surface area contributed by atoms with Gasteiger partial charge in [-0.25, -0.2) is 0 Å². The average Bonchev–Trinajstić information content (AvgIpc) is 2.32. The Morgan fingerprint density at radius 3 is 1.48 bits per heavy atom. The standard InChI is InChI=1S/C18H40N2Si/c1-10-21-13-11-12-18(19(14(2)3)15(4)5)20(16(6)7)17(8)9/h10,14-18H,1,11-13,21H2,2-9H3. The highest BCUT2D eigenvalue weighted by atomic mass is 28.2. The zero-order chi connectivity index (χ0) is 16.6. The van der Waals surface area contributed by atoms with Gasteiger partial charge in [0, 0.05) is 33.7 Å². The lowest BCUT2D eigenvalue weighted by Gasteiger charge is -2.48. The normalized spacial score (nSPS) is 13.5. The van der Waals surface area contributed by atoms with Gasteiger partial charge in [-0.2, -0.15) is 0 Å². The molecule has 0 heterocycles. The maximum atomic E-state index is 3.90. The van der Waals surface area contributed by atoms with Gasteiger partial charge in [0.2, 0.25) is 0 Å². The van der Waals surface area contributed by atoms with Gasteiger partial charge in [-0.1, -0.05) is 12.5 Å². The van der Waals surface area contributed by atoms with Crippen LogP contribution in [0.5, 0.6) is 0 Å². The average molecular weight is 313 g/mol. The van der Waals surface area contributed by atoms with E-state index in [1.54, 1.807) is 0 Å². The van der Waals surface area contributed by atoms with E-state index in [-0.39, 0.29) is 9.52 Å². The predicted molar refractivity (Wildman–Crippen MR) is 101 cm³/mol. The van der Waals surface area contributed by atoms with E-state index in [0.717, 1.165) is 0 Å². The molecule has 0 spiro atoms. The molecule has 0 aliphatic heterocycles. The molecule has 0 rings (SSSR count). The molecule has 0 aliphatic rings. The van der Waals surface area contributed by atoms with E-state index < -0.39 is 0 Å².